The van der Waals surface area contributed by atoms with Gasteiger partial charge in [0.25, 0.3) is 0 Å². The van der Waals surface area contributed by atoms with E-state index in [4.69, 9.17) is 4.42 Å². The van der Waals surface area contributed by atoms with Gasteiger partial charge in [-0.05, 0) is 50.9 Å². The van der Waals surface area contributed by atoms with Crippen LogP contribution in [0.25, 0.3) is 11.3 Å². The third kappa shape index (κ3) is 4.91. The van der Waals surface area contributed by atoms with Crippen LogP contribution in [0.2, 0.25) is 0 Å². The summed E-state index contributed by atoms with van der Waals surface area (Å²) >= 11 is 0. The minimum absolute atomic E-state index is 0.0302. The Morgan fingerprint density at radius 1 is 1.10 bits per heavy atom. The molecule has 1 aromatic carbocycles. The van der Waals surface area contributed by atoms with Crippen LogP contribution in [-0.4, -0.2) is 41.0 Å². The molecule has 1 amide bonds. The number of piperidine rings is 1. The molecule has 2 aliphatic rings. The van der Waals surface area contributed by atoms with Crippen LogP contribution >= 0.6 is 0 Å². The number of oxazole rings is 1. The third-order valence-electron chi connectivity index (χ3n) is 6.68. The fourth-order valence-corrected chi connectivity index (χ4v) is 4.97. The molecule has 0 radical (unpaired) electrons. The van der Waals surface area contributed by atoms with Crippen molar-refractivity contribution in [1.29, 1.82) is 0 Å². The van der Waals surface area contributed by atoms with Gasteiger partial charge in [-0.1, -0.05) is 37.8 Å². The number of likely N-dealkylation sites (tertiary alicyclic amines) is 1. The standard InChI is InChI=1S/C24H32FN3O2/c25-20-10-4-3-9-19(20)21-17-26-23(30-21)12-11-22(29)27-18-24(13-5-1-6-14-24)28-15-7-2-8-16-28/h3-4,9-10,17H,1-2,5-8,11-16,18H2,(H,27,29). The van der Waals surface area contributed by atoms with Gasteiger partial charge in [0.15, 0.2) is 11.7 Å². The van der Waals surface area contributed by atoms with E-state index < -0.39 is 0 Å². The number of amides is 1. The molecule has 1 saturated carbocycles. The van der Waals surface area contributed by atoms with Gasteiger partial charge in [-0.3, -0.25) is 9.69 Å². The van der Waals surface area contributed by atoms with Gasteiger partial charge in [-0.2, -0.15) is 0 Å². The Kier molecular flexibility index (Phi) is 6.82. The van der Waals surface area contributed by atoms with E-state index in [9.17, 15) is 9.18 Å². The number of carbonyl (C=O) groups is 1. The summed E-state index contributed by atoms with van der Waals surface area (Å²) in [6, 6.07) is 6.46. The number of halogens is 1. The van der Waals surface area contributed by atoms with Crippen molar-refractivity contribution in [3.8, 4) is 11.3 Å². The second-order valence-corrected chi connectivity index (χ2v) is 8.71. The first kappa shape index (κ1) is 21.0. The van der Waals surface area contributed by atoms with Gasteiger partial charge in [0, 0.05) is 24.9 Å². The molecule has 0 spiro atoms. The number of aromatic nitrogens is 1. The Hall–Kier alpha value is -2.21. The van der Waals surface area contributed by atoms with Crippen LogP contribution in [0.4, 0.5) is 4.39 Å². The summed E-state index contributed by atoms with van der Waals surface area (Å²) in [6.45, 7) is 3.05. The largest absolute Gasteiger partial charge is 0.441 e. The average molecular weight is 414 g/mol. The summed E-state index contributed by atoms with van der Waals surface area (Å²) in [7, 11) is 0. The molecule has 1 aromatic heterocycles. The highest BCUT2D eigenvalue weighted by Gasteiger charge is 2.38. The zero-order chi connectivity index (χ0) is 20.8. The summed E-state index contributed by atoms with van der Waals surface area (Å²) in [4.78, 5) is 19.4. The van der Waals surface area contributed by atoms with Crippen molar-refractivity contribution in [1.82, 2.24) is 15.2 Å². The van der Waals surface area contributed by atoms with Crippen LogP contribution in [0, 0.1) is 5.82 Å². The molecule has 30 heavy (non-hydrogen) atoms. The van der Waals surface area contributed by atoms with Gasteiger partial charge in [0.2, 0.25) is 5.91 Å². The number of rotatable bonds is 7. The van der Waals surface area contributed by atoms with E-state index in [1.54, 1.807) is 18.2 Å². The fraction of sp³-hybridized carbons (Fsp3) is 0.583. The predicted octanol–water partition coefficient (Wildman–Crippen LogP) is 4.72. The maximum absolute atomic E-state index is 13.9. The van der Waals surface area contributed by atoms with Crippen molar-refractivity contribution in [2.24, 2.45) is 0 Å². The summed E-state index contributed by atoms with van der Waals surface area (Å²) in [5.41, 5.74) is 0.524. The van der Waals surface area contributed by atoms with Crippen LogP contribution in [0.5, 0.6) is 0 Å². The molecule has 6 heteroatoms. The normalized spacial score (nSPS) is 19.5. The van der Waals surface area contributed by atoms with Crippen molar-refractivity contribution >= 4 is 5.91 Å². The number of carbonyl (C=O) groups excluding carboxylic acids is 1. The Morgan fingerprint density at radius 2 is 1.83 bits per heavy atom. The lowest BCUT2D eigenvalue weighted by atomic mass is 9.79. The molecule has 5 nitrogen and oxygen atoms in total. The Bertz CT molecular complexity index is 838. The molecular weight excluding hydrogens is 381 g/mol. The molecule has 1 aliphatic carbocycles. The molecule has 0 atom stereocenters. The van der Waals surface area contributed by atoms with Gasteiger partial charge >= 0.3 is 0 Å². The molecule has 2 aromatic rings. The maximum Gasteiger partial charge on any atom is 0.220 e. The smallest absolute Gasteiger partial charge is 0.220 e. The molecule has 4 rings (SSSR count). The number of nitrogens with one attached hydrogen (secondary N) is 1. The van der Waals surface area contributed by atoms with E-state index >= 15 is 0 Å². The van der Waals surface area contributed by atoms with Gasteiger partial charge in [-0.15, -0.1) is 0 Å². The zero-order valence-corrected chi connectivity index (χ0v) is 17.7. The van der Waals surface area contributed by atoms with Gasteiger partial charge in [0.1, 0.15) is 5.82 Å². The van der Waals surface area contributed by atoms with Gasteiger partial charge < -0.3 is 9.73 Å². The highest BCUT2D eigenvalue weighted by molar-refractivity contribution is 5.76. The van der Waals surface area contributed by atoms with Crippen molar-refractivity contribution in [3.05, 3.63) is 42.2 Å². The van der Waals surface area contributed by atoms with Gasteiger partial charge in [0.05, 0.1) is 11.8 Å². The van der Waals surface area contributed by atoms with E-state index in [0.29, 0.717) is 30.1 Å². The molecule has 2 heterocycles. The topological polar surface area (TPSA) is 58.4 Å². The van der Waals surface area contributed by atoms with Crippen molar-refractivity contribution in [3.63, 3.8) is 0 Å². The first-order valence-corrected chi connectivity index (χ1v) is 11.4. The minimum Gasteiger partial charge on any atom is -0.441 e. The second-order valence-electron chi connectivity index (χ2n) is 8.71. The Labute approximate surface area is 178 Å². The van der Waals surface area contributed by atoms with Crippen molar-refractivity contribution < 1.29 is 13.6 Å². The number of hydrogen-bond donors (Lipinski definition) is 1. The molecule has 1 aliphatic heterocycles. The van der Waals surface area contributed by atoms with E-state index in [-0.39, 0.29) is 17.3 Å². The number of hydrogen-bond acceptors (Lipinski definition) is 4. The minimum atomic E-state index is -0.339. The van der Waals surface area contributed by atoms with Crippen LogP contribution < -0.4 is 5.32 Å². The number of aryl methyl sites for hydroxylation is 1. The molecule has 2 fully saturated rings. The third-order valence-corrected chi connectivity index (χ3v) is 6.68. The highest BCUT2D eigenvalue weighted by Crippen LogP contribution is 2.35. The lowest BCUT2D eigenvalue weighted by Gasteiger charge is -2.48. The highest BCUT2D eigenvalue weighted by atomic mass is 19.1. The lowest BCUT2D eigenvalue weighted by Crippen LogP contribution is -2.58. The molecule has 1 N–H and O–H groups in total. The Balaban J connectivity index is 1.31. The quantitative estimate of drug-likeness (QED) is 0.714. The fourth-order valence-electron chi connectivity index (χ4n) is 4.97. The monoisotopic (exact) mass is 413 g/mol. The van der Waals surface area contributed by atoms with Gasteiger partial charge in [-0.25, -0.2) is 9.37 Å². The summed E-state index contributed by atoms with van der Waals surface area (Å²) in [6.07, 6.45) is 12.3. The molecule has 162 valence electrons. The van der Waals surface area contributed by atoms with E-state index in [0.717, 1.165) is 19.6 Å². The summed E-state index contributed by atoms with van der Waals surface area (Å²) in [5.74, 6) is 0.553. The van der Waals surface area contributed by atoms with E-state index in [1.807, 2.05) is 0 Å². The number of benzene rings is 1. The predicted molar refractivity (Wildman–Crippen MR) is 114 cm³/mol. The van der Waals surface area contributed by atoms with Crippen LogP contribution in [0.1, 0.15) is 63.7 Å². The molecule has 1 saturated heterocycles. The SMILES string of the molecule is O=C(CCc1ncc(-c2ccccc2F)o1)NCC1(N2CCCCC2)CCCCC1. The van der Waals surface area contributed by atoms with Crippen molar-refractivity contribution in [2.45, 2.75) is 69.7 Å². The summed E-state index contributed by atoms with van der Waals surface area (Å²) < 4.78 is 19.6. The van der Waals surface area contributed by atoms with Crippen LogP contribution in [-0.2, 0) is 11.2 Å². The van der Waals surface area contributed by atoms with E-state index in [1.165, 1.54) is 63.6 Å². The average Bonchev–Trinajstić information content (AvgIpc) is 3.27. The molecule has 0 unspecified atom stereocenters. The van der Waals surface area contributed by atoms with Crippen LogP contribution in [0.15, 0.2) is 34.9 Å². The first-order valence-electron chi connectivity index (χ1n) is 11.4. The summed E-state index contributed by atoms with van der Waals surface area (Å²) in [5, 5.41) is 3.20. The van der Waals surface area contributed by atoms with E-state index in [2.05, 4.69) is 15.2 Å². The molecule has 0 bridgehead atoms. The van der Waals surface area contributed by atoms with Crippen LogP contribution in [0.3, 0.4) is 0 Å². The number of nitrogens with zero attached hydrogens (tertiary/aromatic N) is 2. The van der Waals surface area contributed by atoms with Crippen molar-refractivity contribution in [2.75, 3.05) is 19.6 Å². The first-order chi connectivity index (χ1) is 14.7. The second kappa shape index (κ2) is 9.73. The molecular formula is C24H32FN3O2. The maximum atomic E-state index is 13.9. The zero-order valence-electron chi connectivity index (χ0n) is 17.7. The lowest BCUT2D eigenvalue weighted by molar-refractivity contribution is -0.122. The Morgan fingerprint density at radius 3 is 2.60 bits per heavy atom.